The largest absolute Gasteiger partial charge is 0.393 e. The Morgan fingerprint density at radius 1 is 1.39 bits per heavy atom. The predicted molar refractivity (Wildman–Crippen MR) is 90.4 cm³/mol. The number of aromatic nitrogens is 2. The van der Waals surface area contributed by atoms with Gasteiger partial charge < -0.3 is 21.5 Å². The molecule has 1 amide bonds. The van der Waals surface area contributed by atoms with Crippen LogP contribution in [0.25, 0.3) is 0 Å². The standard InChI is InChI=1S/C16H27N5O2/c1-4-16(2,3)21-14-12(13(17)23)9-18-15(20-14)19-10-5-7-11(22)8-6-10/h9-11,22H,4-8H2,1-3H3,(H2,17,23)(H2,18,19,20,21)/t10-,11-. The van der Waals surface area contributed by atoms with Gasteiger partial charge in [-0.3, -0.25) is 4.79 Å². The minimum absolute atomic E-state index is 0.200. The van der Waals surface area contributed by atoms with Gasteiger partial charge in [-0.1, -0.05) is 6.92 Å². The second-order valence-corrected chi connectivity index (χ2v) is 6.83. The molecular weight excluding hydrogens is 294 g/mol. The molecule has 1 aliphatic carbocycles. The highest BCUT2D eigenvalue weighted by Crippen LogP contribution is 2.24. The fourth-order valence-electron chi connectivity index (χ4n) is 2.54. The number of anilines is 2. The Kier molecular flexibility index (Phi) is 5.41. The number of carbonyl (C=O) groups excluding carboxylic acids is 1. The summed E-state index contributed by atoms with van der Waals surface area (Å²) in [6.45, 7) is 6.13. The Bertz CT molecular complexity index is 553. The van der Waals surface area contributed by atoms with Crippen LogP contribution in [-0.4, -0.2) is 38.7 Å². The molecule has 0 unspecified atom stereocenters. The highest BCUT2D eigenvalue weighted by molar-refractivity contribution is 5.97. The van der Waals surface area contributed by atoms with E-state index >= 15 is 0 Å². The van der Waals surface area contributed by atoms with Crippen molar-refractivity contribution in [3.63, 3.8) is 0 Å². The van der Waals surface area contributed by atoms with Gasteiger partial charge >= 0.3 is 0 Å². The van der Waals surface area contributed by atoms with Crippen molar-refractivity contribution in [2.24, 2.45) is 5.73 Å². The maximum Gasteiger partial charge on any atom is 0.254 e. The number of nitrogens with two attached hydrogens (primary N) is 1. The first-order valence-electron chi connectivity index (χ1n) is 8.20. The number of aliphatic hydroxyl groups excluding tert-OH is 1. The van der Waals surface area contributed by atoms with E-state index in [2.05, 4.69) is 27.5 Å². The molecule has 1 aliphatic rings. The van der Waals surface area contributed by atoms with E-state index in [1.165, 1.54) is 6.20 Å². The van der Waals surface area contributed by atoms with Crippen LogP contribution in [-0.2, 0) is 0 Å². The molecule has 0 saturated heterocycles. The molecule has 2 rings (SSSR count). The van der Waals surface area contributed by atoms with Crippen molar-refractivity contribution >= 4 is 17.7 Å². The summed E-state index contributed by atoms with van der Waals surface area (Å²) >= 11 is 0. The summed E-state index contributed by atoms with van der Waals surface area (Å²) in [5.74, 6) is 0.384. The molecule has 0 atom stereocenters. The van der Waals surface area contributed by atoms with Crippen molar-refractivity contribution < 1.29 is 9.90 Å². The topological polar surface area (TPSA) is 113 Å². The lowest BCUT2D eigenvalue weighted by Gasteiger charge is -2.28. The van der Waals surface area contributed by atoms with Crippen LogP contribution in [0.15, 0.2) is 6.20 Å². The van der Waals surface area contributed by atoms with Crippen LogP contribution >= 0.6 is 0 Å². The molecule has 1 heterocycles. The Morgan fingerprint density at radius 2 is 2.04 bits per heavy atom. The van der Waals surface area contributed by atoms with Gasteiger partial charge in [-0.2, -0.15) is 4.98 Å². The first-order chi connectivity index (χ1) is 10.8. The molecule has 7 nitrogen and oxygen atoms in total. The smallest absolute Gasteiger partial charge is 0.254 e. The van der Waals surface area contributed by atoms with Crippen molar-refractivity contribution in [3.8, 4) is 0 Å². The Balaban J connectivity index is 2.17. The molecule has 23 heavy (non-hydrogen) atoms. The van der Waals surface area contributed by atoms with Gasteiger partial charge in [0.2, 0.25) is 5.95 Å². The second kappa shape index (κ2) is 7.12. The first-order valence-corrected chi connectivity index (χ1v) is 8.20. The summed E-state index contributed by atoms with van der Waals surface area (Å²) in [6.07, 6.45) is 5.46. The molecule has 0 aromatic carbocycles. The number of hydrogen-bond acceptors (Lipinski definition) is 6. The molecule has 0 bridgehead atoms. The van der Waals surface area contributed by atoms with E-state index in [9.17, 15) is 9.90 Å². The van der Waals surface area contributed by atoms with Gasteiger partial charge in [0.15, 0.2) is 0 Å². The van der Waals surface area contributed by atoms with Crippen LogP contribution in [0.3, 0.4) is 0 Å². The number of carbonyl (C=O) groups is 1. The number of aliphatic hydroxyl groups is 1. The van der Waals surface area contributed by atoms with Crippen molar-refractivity contribution in [1.82, 2.24) is 9.97 Å². The zero-order valence-corrected chi connectivity index (χ0v) is 14.1. The van der Waals surface area contributed by atoms with E-state index in [-0.39, 0.29) is 23.2 Å². The van der Waals surface area contributed by atoms with Gasteiger partial charge in [0, 0.05) is 17.8 Å². The summed E-state index contributed by atoms with van der Waals surface area (Å²) in [4.78, 5) is 20.2. The highest BCUT2D eigenvalue weighted by Gasteiger charge is 2.22. The van der Waals surface area contributed by atoms with Gasteiger partial charge in [0.1, 0.15) is 5.82 Å². The van der Waals surface area contributed by atoms with Gasteiger partial charge in [0.05, 0.1) is 11.7 Å². The fraction of sp³-hybridized carbons (Fsp3) is 0.688. The van der Waals surface area contributed by atoms with Crippen LogP contribution in [0.4, 0.5) is 11.8 Å². The Hall–Kier alpha value is -1.89. The number of amides is 1. The monoisotopic (exact) mass is 321 g/mol. The van der Waals surface area contributed by atoms with E-state index < -0.39 is 5.91 Å². The minimum Gasteiger partial charge on any atom is -0.393 e. The molecular formula is C16H27N5O2. The average molecular weight is 321 g/mol. The van der Waals surface area contributed by atoms with Crippen LogP contribution in [0.1, 0.15) is 63.2 Å². The summed E-state index contributed by atoms with van der Waals surface area (Å²) in [5.41, 5.74) is 5.50. The number of primary amides is 1. The van der Waals surface area contributed by atoms with E-state index in [0.29, 0.717) is 11.8 Å². The molecule has 0 spiro atoms. The maximum absolute atomic E-state index is 11.6. The van der Waals surface area contributed by atoms with Crippen LogP contribution in [0.2, 0.25) is 0 Å². The van der Waals surface area contributed by atoms with Crippen molar-refractivity contribution in [1.29, 1.82) is 0 Å². The molecule has 7 heteroatoms. The minimum atomic E-state index is -0.549. The molecule has 1 aromatic rings. The number of rotatable bonds is 6. The summed E-state index contributed by atoms with van der Waals surface area (Å²) in [6, 6.07) is 0.241. The van der Waals surface area contributed by atoms with E-state index in [4.69, 9.17) is 5.73 Å². The van der Waals surface area contributed by atoms with Crippen molar-refractivity contribution in [3.05, 3.63) is 11.8 Å². The van der Waals surface area contributed by atoms with Gasteiger partial charge in [-0.05, 0) is 46.0 Å². The van der Waals surface area contributed by atoms with E-state index in [0.717, 1.165) is 32.1 Å². The second-order valence-electron chi connectivity index (χ2n) is 6.83. The summed E-state index contributed by atoms with van der Waals surface area (Å²) in [5, 5.41) is 16.1. The third kappa shape index (κ3) is 4.79. The van der Waals surface area contributed by atoms with Gasteiger partial charge in [0.25, 0.3) is 5.91 Å². The van der Waals surface area contributed by atoms with E-state index in [1.807, 2.05) is 13.8 Å². The highest BCUT2D eigenvalue weighted by atomic mass is 16.3. The lowest BCUT2D eigenvalue weighted by atomic mass is 9.93. The van der Waals surface area contributed by atoms with Crippen molar-refractivity contribution in [2.45, 2.75) is 70.6 Å². The molecule has 0 radical (unpaired) electrons. The van der Waals surface area contributed by atoms with Crippen LogP contribution in [0.5, 0.6) is 0 Å². The zero-order chi connectivity index (χ0) is 17.0. The molecule has 1 aromatic heterocycles. The third-order valence-electron chi connectivity index (χ3n) is 4.42. The van der Waals surface area contributed by atoms with E-state index in [1.54, 1.807) is 0 Å². The predicted octanol–water partition coefficient (Wildman–Crippen LogP) is 1.89. The maximum atomic E-state index is 11.6. The Labute approximate surface area is 137 Å². The SMILES string of the molecule is CCC(C)(C)Nc1nc(N[C@H]2CC[C@H](O)CC2)ncc1C(N)=O. The quantitative estimate of drug-likeness (QED) is 0.636. The number of nitrogens with zero attached hydrogens (tertiary/aromatic N) is 2. The van der Waals surface area contributed by atoms with Gasteiger partial charge in [-0.15, -0.1) is 0 Å². The lowest BCUT2D eigenvalue weighted by molar-refractivity contribution is 0.1000. The first kappa shape index (κ1) is 17.5. The molecule has 5 N–H and O–H groups in total. The summed E-state index contributed by atoms with van der Waals surface area (Å²) < 4.78 is 0. The molecule has 128 valence electrons. The third-order valence-corrected chi connectivity index (χ3v) is 4.42. The van der Waals surface area contributed by atoms with Gasteiger partial charge in [-0.25, -0.2) is 4.98 Å². The van der Waals surface area contributed by atoms with Crippen LogP contribution in [0, 0.1) is 0 Å². The fourth-order valence-corrected chi connectivity index (χ4v) is 2.54. The van der Waals surface area contributed by atoms with Crippen molar-refractivity contribution in [2.75, 3.05) is 10.6 Å². The summed E-state index contributed by atoms with van der Waals surface area (Å²) in [7, 11) is 0. The Morgan fingerprint density at radius 3 is 2.61 bits per heavy atom. The molecule has 1 saturated carbocycles. The normalized spacial score (nSPS) is 21.7. The average Bonchev–Trinajstić information content (AvgIpc) is 2.49. The molecule has 0 aliphatic heterocycles. The zero-order valence-electron chi connectivity index (χ0n) is 14.1. The number of hydrogen-bond donors (Lipinski definition) is 4. The lowest BCUT2D eigenvalue weighted by Crippen LogP contribution is -2.33. The molecule has 1 fully saturated rings. The van der Waals surface area contributed by atoms with Crippen LogP contribution < -0.4 is 16.4 Å². The number of nitrogens with one attached hydrogen (secondary N) is 2.